The molecule has 0 bridgehead atoms. The number of hydrogen-bond donors (Lipinski definition) is 0. The van der Waals surface area contributed by atoms with E-state index in [-0.39, 0.29) is 10.7 Å². The minimum Gasteiger partial charge on any atom is -0.751 e. The third kappa shape index (κ3) is 0.964. The van der Waals surface area contributed by atoms with Gasteiger partial charge in [-0.1, -0.05) is 0 Å². The molecule has 0 aliphatic heterocycles. The van der Waals surface area contributed by atoms with E-state index in [1.54, 1.807) is 13.0 Å². The predicted octanol–water partition coefficient (Wildman–Crippen LogP) is 0.373. The molecule has 2 nitrogen and oxygen atoms in total. The fourth-order valence-corrected chi connectivity index (χ4v) is 0.612. The summed E-state index contributed by atoms with van der Waals surface area (Å²) in [5.41, 5.74) is 0.525. The lowest BCUT2D eigenvalue weighted by atomic mass is 10.2. The zero-order valence-corrected chi connectivity index (χ0v) is 5.13. The maximum atomic E-state index is 8.94. The lowest BCUT2D eigenvalue weighted by Crippen LogP contribution is -2.14. The highest BCUT2D eigenvalue weighted by Gasteiger charge is 1.93. The smallest absolute Gasteiger partial charge is 0.154 e. The van der Waals surface area contributed by atoms with Crippen molar-refractivity contribution in [3.8, 4) is 0 Å². The topological polar surface area (TPSA) is 44.6 Å². The van der Waals surface area contributed by atoms with E-state index in [0.717, 1.165) is 0 Å². The average molecular weight is 118 g/mol. The van der Waals surface area contributed by atoms with E-state index in [2.05, 4.69) is 0 Å². The molecular weight excluding hydrogens is 112 g/mol. The summed E-state index contributed by atoms with van der Waals surface area (Å²) in [6, 6.07) is 4.67. The standard InChI is InChI=1S/C7H6N2/c1-5-6(8)3-2-4-7(5)9/h2-4H,1H3. The van der Waals surface area contributed by atoms with Gasteiger partial charge < -0.3 is 10.8 Å². The minimum absolute atomic E-state index is 0.134. The zero-order chi connectivity index (χ0) is 6.85. The van der Waals surface area contributed by atoms with E-state index in [9.17, 15) is 0 Å². The molecule has 2 heteroatoms. The molecule has 0 aromatic heterocycles. The van der Waals surface area contributed by atoms with Crippen molar-refractivity contribution in [2.75, 3.05) is 0 Å². The van der Waals surface area contributed by atoms with Gasteiger partial charge in [0.15, 0.2) is 6.07 Å². The summed E-state index contributed by atoms with van der Waals surface area (Å²) < 4.78 is 0. The normalized spacial score (nSPS) is 9.44. The Kier molecular flexibility index (Phi) is 1.30. The Hall–Kier alpha value is -1.18. The molecule has 1 aromatic rings. The molecule has 44 valence electrons. The summed E-state index contributed by atoms with van der Waals surface area (Å²) in [7, 11) is 0. The van der Waals surface area contributed by atoms with Gasteiger partial charge in [-0.05, 0) is 0 Å². The first kappa shape index (κ1) is 5.95. The van der Waals surface area contributed by atoms with Crippen LogP contribution in [-0.4, -0.2) is 0 Å². The van der Waals surface area contributed by atoms with Crippen molar-refractivity contribution in [2.24, 2.45) is 0 Å². The van der Waals surface area contributed by atoms with E-state index < -0.39 is 0 Å². The molecular formula is C7H6N2. The van der Waals surface area contributed by atoms with Gasteiger partial charge in [0.25, 0.3) is 0 Å². The van der Waals surface area contributed by atoms with Gasteiger partial charge in [0.05, 0.1) is 17.6 Å². The van der Waals surface area contributed by atoms with E-state index in [0.29, 0.717) is 5.56 Å². The van der Waals surface area contributed by atoms with Gasteiger partial charge in [0.1, 0.15) is 17.7 Å². The maximum absolute atomic E-state index is 8.94. The lowest BCUT2D eigenvalue weighted by molar-refractivity contribution is 1.34. The zero-order valence-electron chi connectivity index (χ0n) is 5.13. The molecule has 0 aliphatic rings. The summed E-state index contributed by atoms with van der Waals surface area (Å²) in [5, 5.41) is 18.1. The summed E-state index contributed by atoms with van der Waals surface area (Å²) in [4.78, 5) is 0. The van der Waals surface area contributed by atoms with Gasteiger partial charge >= 0.3 is 0 Å². The van der Waals surface area contributed by atoms with Crippen LogP contribution in [0.15, 0.2) is 18.2 Å². The van der Waals surface area contributed by atoms with Gasteiger partial charge in [0.2, 0.25) is 0 Å². The van der Waals surface area contributed by atoms with Crippen LogP contribution >= 0.6 is 0 Å². The maximum Gasteiger partial charge on any atom is 0.154 e. The highest BCUT2D eigenvalue weighted by Crippen LogP contribution is 1.75. The molecule has 0 unspecified atom stereocenters. The molecule has 0 aliphatic carbocycles. The Morgan fingerprint density at radius 3 is 2.67 bits per heavy atom. The van der Waals surface area contributed by atoms with Crippen LogP contribution in [0.3, 0.4) is 0 Å². The van der Waals surface area contributed by atoms with Crippen molar-refractivity contribution in [1.29, 1.82) is 0 Å². The second-order valence-corrected chi connectivity index (χ2v) is 1.92. The second kappa shape index (κ2) is 1.97. The molecule has 0 atom stereocenters. The number of hydrogen-bond acceptors (Lipinski definition) is 0. The van der Waals surface area contributed by atoms with Crippen LogP contribution in [0, 0.1) is 6.92 Å². The quantitative estimate of drug-likeness (QED) is 0.442. The van der Waals surface area contributed by atoms with Crippen LogP contribution < -0.4 is 10.7 Å². The molecule has 1 rings (SSSR count). The van der Waals surface area contributed by atoms with E-state index in [1.165, 1.54) is 12.1 Å². The van der Waals surface area contributed by atoms with E-state index in [1.807, 2.05) is 0 Å². The van der Waals surface area contributed by atoms with Crippen molar-refractivity contribution in [3.63, 3.8) is 0 Å². The summed E-state index contributed by atoms with van der Waals surface area (Å²) in [5.74, 6) is 0. The first-order chi connectivity index (χ1) is 4.22. The van der Waals surface area contributed by atoms with E-state index >= 15 is 0 Å². The van der Waals surface area contributed by atoms with Gasteiger partial charge in [0, 0.05) is 0 Å². The summed E-state index contributed by atoms with van der Waals surface area (Å²) in [6.45, 7) is 1.66. The molecule has 9 heavy (non-hydrogen) atoms. The first-order valence-corrected chi connectivity index (χ1v) is 2.69. The first-order valence-electron chi connectivity index (χ1n) is 2.69. The Labute approximate surface area is 53.2 Å². The molecule has 0 fully saturated rings. The Balaban J connectivity index is 3.62. The molecule has 0 saturated carbocycles. The lowest BCUT2D eigenvalue weighted by Gasteiger charge is -1.84. The van der Waals surface area contributed by atoms with Crippen molar-refractivity contribution >= 4 is 0 Å². The van der Waals surface area contributed by atoms with Crippen LogP contribution in [0.25, 0.3) is 10.8 Å². The summed E-state index contributed by atoms with van der Waals surface area (Å²) in [6.07, 6.45) is 0. The van der Waals surface area contributed by atoms with Crippen molar-refractivity contribution in [2.45, 2.75) is 6.92 Å². The number of nitrogens with zero attached hydrogens (tertiary/aromatic N) is 2. The van der Waals surface area contributed by atoms with Crippen LogP contribution in [0.2, 0.25) is 0 Å². The third-order valence-corrected chi connectivity index (χ3v) is 1.28. The van der Waals surface area contributed by atoms with Crippen molar-refractivity contribution < 1.29 is 0 Å². The Morgan fingerprint density at radius 1 is 1.56 bits per heavy atom. The number of benzene rings is 1. The molecule has 0 amide bonds. The van der Waals surface area contributed by atoms with Crippen LogP contribution in [-0.2, 0) is 0 Å². The predicted molar refractivity (Wildman–Crippen MR) is 35.4 cm³/mol. The van der Waals surface area contributed by atoms with Crippen molar-refractivity contribution in [1.82, 2.24) is 0 Å². The van der Waals surface area contributed by atoms with Gasteiger partial charge in [-0.25, -0.2) is 0 Å². The molecule has 0 radical (unpaired) electrons. The van der Waals surface area contributed by atoms with E-state index in [4.69, 9.17) is 10.8 Å². The van der Waals surface area contributed by atoms with Crippen LogP contribution in [0.5, 0.6) is 0 Å². The Morgan fingerprint density at radius 2 is 2.22 bits per heavy atom. The van der Waals surface area contributed by atoms with Crippen LogP contribution in [0.1, 0.15) is 5.56 Å². The van der Waals surface area contributed by atoms with Gasteiger partial charge in [-0.15, -0.1) is 0 Å². The molecule has 0 heterocycles. The average Bonchev–Trinajstić information content (AvgIpc) is 1.83. The van der Waals surface area contributed by atoms with Crippen LogP contribution in [0.4, 0.5) is 0 Å². The molecule has 0 N–H and O–H groups in total. The molecule has 0 saturated heterocycles. The largest absolute Gasteiger partial charge is 0.751 e. The molecule has 1 aromatic carbocycles. The molecule has 0 spiro atoms. The third-order valence-electron chi connectivity index (χ3n) is 1.28. The van der Waals surface area contributed by atoms with Gasteiger partial charge in [-0.3, -0.25) is 0 Å². The highest BCUT2D eigenvalue weighted by atomic mass is 14.4. The van der Waals surface area contributed by atoms with Crippen molar-refractivity contribution in [3.05, 3.63) is 45.3 Å². The SMILES string of the molecule is C[c+]1c(=[N-])cc[cH+]c1=[N-]. The number of rotatable bonds is 0. The summed E-state index contributed by atoms with van der Waals surface area (Å²) >= 11 is 0. The highest BCUT2D eigenvalue weighted by molar-refractivity contribution is 5.14. The fourth-order valence-electron chi connectivity index (χ4n) is 0.612. The monoisotopic (exact) mass is 118 g/mol. The van der Waals surface area contributed by atoms with Gasteiger partial charge in [-0.2, -0.15) is 0 Å². The minimum atomic E-state index is 0.134. The second-order valence-electron chi connectivity index (χ2n) is 1.92. The Bertz CT molecular complexity index is 275. The fraction of sp³-hybridized carbons (Fsp3) is 0.143.